The van der Waals surface area contributed by atoms with Gasteiger partial charge in [0.05, 0.1) is 10.6 Å². The van der Waals surface area contributed by atoms with Gasteiger partial charge in [-0.3, -0.25) is 0 Å². The molecule has 0 heterocycles. The third-order valence-corrected chi connectivity index (χ3v) is 3.63. The normalized spacial score (nSPS) is 12.2. The summed E-state index contributed by atoms with van der Waals surface area (Å²) in [5, 5.41) is 10.4. The first-order valence-corrected chi connectivity index (χ1v) is 7.18. The number of ether oxygens (including phenoxy) is 1. The monoisotopic (exact) mass is 340 g/mol. The van der Waals surface area contributed by atoms with Crippen LogP contribution in [0.1, 0.15) is 25.0 Å². The van der Waals surface area contributed by atoms with Crippen molar-refractivity contribution in [1.82, 2.24) is 0 Å². The third kappa shape index (κ3) is 3.72. The highest BCUT2D eigenvalue weighted by Gasteiger charge is 2.06. The maximum Gasteiger partial charge on any atom is 0.141 e. The minimum atomic E-state index is -0.420. The molecule has 1 atom stereocenters. The van der Waals surface area contributed by atoms with Crippen molar-refractivity contribution in [2.75, 3.05) is 0 Å². The fourth-order valence-corrected chi connectivity index (χ4v) is 2.44. The Bertz CT molecular complexity index is 555. The molecule has 0 aliphatic carbocycles. The van der Waals surface area contributed by atoms with Gasteiger partial charge in [-0.15, -0.1) is 0 Å². The van der Waals surface area contributed by atoms with Crippen LogP contribution in [0.2, 0.25) is 5.02 Å². The van der Waals surface area contributed by atoms with E-state index in [0.29, 0.717) is 17.2 Å². The van der Waals surface area contributed by atoms with Crippen molar-refractivity contribution in [2.24, 2.45) is 0 Å². The molecule has 0 radical (unpaired) electrons. The summed E-state index contributed by atoms with van der Waals surface area (Å²) in [5.74, 6) is 1.42. The topological polar surface area (TPSA) is 29.5 Å². The quantitative estimate of drug-likeness (QED) is 0.813. The molecule has 0 aliphatic rings. The number of aliphatic hydroxyl groups is 1. The van der Waals surface area contributed by atoms with Gasteiger partial charge in [0.2, 0.25) is 0 Å². The Morgan fingerprint density at radius 1 is 1.21 bits per heavy atom. The van der Waals surface area contributed by atoms with Crippen LogP contribution in [0.25, 0.3) is 0 Å². The predicted octanol–water partition coefficient (Wildman–Crippen LogP) is 5.34. The van der Waals surface area contributed by atoms with Crippen LogP contribution in [0.3, 0.4) is 0 Å². The van der Waals surface area contributed by atoms with Gasteiger partial charge < -0.3 is 9.84 Å². The SMILES string of the molecule is CCC(O)c1ccc(Oc2ccc(Cl)cc2Br)cc1. The first-order chi connectivity index (χ1) is 9.10. The zero-order chi connectivity index (χ0) is 13.8. The van der Waals surface area contributed by atoms with Crippen molar-refractivity contribution in [3.05, 3.63) is 57.5 Å². The molecule has 0 saturated carbocycles. The van der Waals surface area contributed by atoms with Gasteiger partial charge in [-0.25, -0.2) is 0 Å². The molecule has 1 unspecified atom stereocenters. The molecule has 0 amide bonds. The maximum absolute atomic E-state index is 9.72. The first kappa shape index (κ1) is 14.4. The highest BCUT2D eigenvalue weighted by molar-refractivity contribution is 9.10. The van der Waals surface area contributed by atoms with Crippen molar-refractivity contribution in [3.8, 4) is 11.5 Å². The van der Waals surface area contributed by atoms with Gasteiger partial charge in [-0.2, -0.15) is 0 Å². The zero-order valence-corrected chi connectivity index (χ0v) is 12.8. The summed E-state index contributed by atoms with van der Waals surface area (Å²) in [6.45, 7) is 1.94. The summed E-state index contributed by atoms with van der Waals surface area (Å²) in [6.07, 6.45) is 0.277. The highest BCUT2D eigenvalue weighted by Crippen LogP contribution is 2.32. The lowest BCUT2D eigenvalue weighted by atomic mass is 10.1. The van der Waals surface area contributed by atoms with E-state index in [0.717, 1.165) is 15.8 Å². The molecular formula is C15H14BrClO2. The summed E-state index contributed by atoms with van der Waals surface area (Å²) < 4.78 is 6.55. The van der Waals surface area contributed by atoms with Crippen LogP contribution >= 0.6 is 27.5 Å². The van der Waals surface area contributed by atoms with E-state index < -0.39 is 6.10 Å². The summed E-state index contributed by atoms with van der Waals surface area (Å²) in [6, 6.07) is 12.8. The largest absolute Gasteiger partial charge is 0.456 e. The zero-order valence-electron chi connectivity index (χ0n) is 10.4. The van der Waals surface area contributed by atoms with Gasteiger partial charge in [-0.1, -0.05) is 30.7 Å². The molecule has 0 saturated heterocycles. The standard InChI is InChI=1S/C15H14BrClO2/c1-2-14(18)10-3-6-12(7-4-10)19-15-8-5-11(17)9-13(15)16/h3-9,14,18H,2H2,1H3. The minimum absolute atomic E-state index is 0.420. The fourth-order valence-electron chi connectivity index (χ4n) is 1.68. The molecule has 2 nitrogen and oxygen atoms in total. The average molecular weight is 342 g/mol. The van der Waals surface area contributed by atoms with Crippen LogP contribution in [-0.2, 0) is 0 Å². The van der Waals surface area contributed by atoms with E-state index in [4.69, 9.17) is 16.3 Å². The van der Waals surface area contributed by atoms with Crippen molar-refractivity contribution < 1.29 is 9.84 Å². The van der Waals surface area contributed by atoms with Crippen LogP contribution in [0.4, 0.5) is 0 Å². The number of rotatable bonds is 4. The molecular weight excluding hydrogens is 328 g/mol. The van der Waals surface area contributed by atoms with Crippen LogP contribution < -0.4 is 4.74 Å². The molecule has 0 fully saturated rings. The summed E-state index contributed by atoms with van der Waals surface area (Å²) in [4.78, 5) is 0. The van der Waals surface area contributed by atoms with Crippen LogP contribution in [0.5, 0.6) is 11.5 Å². The van der Waals surface area contributed by atoms with Gasteiger partial charge in [-0.05, 0) is 58.2 Å². The summed E-state index contributed by atoms with van der Waals surface area (Å²) in [5.41, 5.74) is 0.894. The molecule has 19 heavy (non-hydrogen) atoms. The molecule has 0 aromatic heterocycles. The third-order valence-electron chi connectivity index (χ3n) is 2.77. The summed E-state index contributed by atoms with van der Waals surface area (Å²) >= 11 is 9.28. The Kier molecular flexibility index (Phi) is 4.86. The maximum atomic E-state index is 9.72. The van der Waals surface area contributed by atoms with E-state index in [9.17, 15) is 5.11 Å². The Morgan fingerprint density at radius 2 is 1.89 bits per heavy atom. The van der Waals surface area contributed by atoms with Gasteiger partial charge in [0.1, 0.15) is 11.5 Å². The average Bonchev–Trinajstić information content (AvgIpc) is 2.42. The number of halogens is 2. The second-order valence-electron chi connectivity index (χ2n) is 4.17. The van der Waals surface area contributed by atoms with Crippen molar-refractivity contribution >= 4 is 27.5 Å². The smallest absolute Gasteiger partial charge is 0.141 e. The van der Waals surface area contributed by atoms with E-state index in [-0.39, 0.29) is 0 Å². The molecule has 100 valence electrons. The Hall–Kier alpha value is -1.03. The van der Waals surface area contributed by atoms with Gasteiger partial charge in [0, 0.05) is 5.02 Å². The van der Waals surface area contributed by atoms with Crippen LogP contribution in [-0.4, -0.2) is 5.11 Å². The second kappa shape index (κ2) is 6.42. The molecule has 1 N–H and O–H groups in total. The van der Waals surface area contributed by atoms with Gasteiger partial charge >= 0.3 is 0 Å². The lowest BCUT2D eigenvalue weighted by Gasteiger charge is -2.11. The van der Waals surface area contributed by atoms with Crippen molar-refractivity contribution in [2.45, 2.75) is 19.4 Å². The Balaban J connectivity index is 2.15. The van der Waals surface area contributed by atoms with Gasteiger partial charge in [0.15, 0.2) is 0 Å². The van der Waals surface area contributed by atoms with Crippen LogP contribution in [0.15, 0.2) is 46.9 Å². The van der Waals surface area contributed by atoms with Crippen molar-refractivity contribution in [3.63, 3.8) is 0 Å². The predicted molar refractivity (Wildman–Crippen MR) is 80.9 cm³/mol. The lowest BCUT2D eigenvalue weighted by molar-refractivity contribution is 0.173. The molecule has 0 spiro atoms. The molecule has 2 rings (SSSR count). The number of hydrogen-bond donors (Lipinski definition) is 1. The Labute approximate surface area is 126 Å². The van der Waals surface area contributed by atoms with E-state index in [1.54, 1.807) is 18.2 Å². The van der Waals surface area contributed by atoms with Crippen molar-refractivity contribution in [1.29, 1.82) is 0 Å². The lowest BCUT2D eigenvalue weighted by Crippen LogP contribution is -1.94. The minimum Gasteiger partial charge on any atom is -0.456 e. The molecule has 4 heteroatoms. The molecule has 2 aromatic rings. The molecule has 0 bridgehead atoms. The first-order valence-electron chi connectivity index (χ1n) is 6.01. The molecule has 0 aliphatic heterocycles. The van der Waals surface area contributed by atoms with E-state index >= 15 is 0 Å². The van der Waals surface area contributed by atoms with E-state index in [1.807, 2.05) is 31.2 Å². The second-order valence-corrected chi connectivity index (χ2v) is 5.46. The molecule has 2 aromatic carbocycles. The van der Waals surface area contributed by atoms with E-state index in [1.165, 1.54) is 0 Å². The number of benzene rings is 2. The fraction of sp³-hybridized carbons (Fsp3) is 0.200. The van der Waals surface area contributed by atoms with Crippen LogP contribution in [0, 0.1) is 0 Å². The number of hydrogen-bond acceptors (Lipinski definition) is 2. The highest BCUT2D eigenvalue weighted by atomic mass is 79.9. The Morgan fingerprint density at radius 3 is 2.47 bits per heavy atom. The number of aliphatic hydroxyl groups excluding tert-OH is 1. The van der Waals surface area contributed by atoms with Gasteiger partial charge in [0.25, 0.3) is 0 Å². The van der Waals surface area contributed by atoms with E-state index in [2.05, 4.69) is 15.9 Å². The summed E-state index contributed by atoms with van der Waals surface area (Å²) in [7, 11) is 0.